The number of aryl methyl sites for hydroxylation is 2. The summed E-state index contributed by atoms with van der Waals surface area (Å²) in [7, 11) is 0. The molecule has 1 aromatic rings. The normalized spacial score (nSPS) is 23.1. The molecule has 2 N–H and O–H groups in total. The summed E-state index contributed by atoms with van der Waals surface area (Å²) in [5.74, 6) is -0.450. The first-order valence-corrected chi connectivity index (χ1v) is 9.00. The molecule has 0 radical (unpaired) electrons. The van der Waals surface area contributed by atoms with Crippen LogP contribution in [0.3, 0.4) is 0 Å². The fourth-order valence-electron chi connectivity index (χ4n) is 3.16. The SMILES string of the molecule is Cc1ccc(C)c(NC(=O)C2CC2C(=O)NCCN2CCOCC2)c1. The highest BCUT2D eigenvalue weighted by atomic mass is 16.5. The van der Waals surface area contributed by atoms with Gasteiger partial charge in [0.25, 0.3) is 0 Å². The van der Waals surface area contributed by atoms with Crippen LogP contribution in [0.15, 0.2) is 18.2 Å². The Kier molecular flexibility index (Phi) is 5.71. The highest BCUT2D eigenvalue weighted by Crippen LogP contribution is 2.39. The van der Waals surface area contributed by atoms with E-state index in [2.05, 4.69) is 15.5 Å². The number of nitrogens with zero attached hydrogens (tertiary/aromatic N) is 1. The van der Waals surface area contributed by atoms with Gasteiger partial charge < -0.3 is 15.4 Å². The molecule has 136 valence electrons. The zero-order valence-corrected chi connectivity index (χ0v) is 15.0. The van der Waals surface area contributed by atoms with Gasteiger partial charge in [-0.25, -0.2) is 0 Å². The van der Waals surface area contributed by atoms with Crippen LogP contribution in [-0.2, 0) is 14.3 Å². The third-order valence-electron chi connectivity index (χ3n) is 4.95. The molecule has 1 heterocycles. The molecule has 0 aromatic heterocycles. The van der Waals surface area contributed by atoms with E-state index in [4.69, 9.17) is 4.74 Å². The van der Waals surface area contributed by atoms with Crippen molar-refractivity contribution in [3.63, 3.8) is 0 Å². The number of amides is 2. The van der Waals surface area contributed by atoms with E-state index < -0.39 is 0 Å². The largest absolute Gasteiger partial charge is 0.379 e. The van der Waals surface area contributed by atoms with Crippen LogP contribution >= 0.6 is 0 Å². The Morgan fingerprint density at radius 2 is 1.88 bits per heavy atom. The zero-order chi connectivity index (χ0) is 17.8. The Labute approximate surface area is 148 Å². The third kappa shape index (κ3) is 4.80. The molecule has 2 unspecified atom stereocenters. The molecule has 6 nitrogen and oxygen atoms in total. The van der Waals surface area contributed by atoms with E-state index in [1.165, 1.54) is 0 Å². The highest BCUT2D eigenvalue weighted by Gasteiger charge is 2.47. The quantitative estimate of drug-likeness (QED) is 0.816. The van der Waals surface area contributed by atoms with Gasteiger partial charge in [0, 0.05) is 31.9 Å². The van der Waals surface area contributed by atoms with E-state index in [0.717, 1.165) is 49.7 Å². The minimum absolute atomic E-state index is 0.00521. The number of morpholine rings is 1. The molecular weight excluding hydrogens is 318 g/mol. The van der Waals surface area contributed by atoms with Gasteiger partial charge >= 0.3 is 0 Å². The van der Waals surface area contributed by atoms with Crippen molar-refractivity contribution in [2.45, 2.75) is 20.3 Å². The average molecular weight is 345 g/mol. The van der Waals surface area contributed by atoms with Gasteiger partial charge in [-0.05, 0) is 37.5 Å². The van der Waals surface area contributed by atoms with E-state index in [1.54, 1.807) is 0 Å². The van der Waals surface area contributed by atoms with Crippen molar-refractivity contribution in [2.24, 2.45) is 11.8 Å². The number of nitrogens with one attached hydrogen (secondary N) is 2. The Balaban J connectivity index is 1.41. The fraction of sp³-hybridized carbons (Fsp3) is 0.579. The second-order valence-electron chi connectivity index (χ2n) is 7.00. The van der Waals surface area contributed by atoms with E-state index in [1.807, 2.05) is 32.0 Å². The predicted octanol–water partition coefficient (Wildman–Crippen LogP) is 1.33. The van der Waals surface area contributed by atoms with Crippen molar-refractivity contribution >= 4 is 17.5 Å². The molecule has 2 atom stereocenters. The first-order chi connectivity index (χ1) is 12.0. The molecule has 1 aromatic carbocycles. The van der Waals surface area contributed by atoms with Gasteiger partial charge in [-0.15, -0.1) is 0 Å². The molecule has 2 fully saturated rings. The monoisotopic (exact) mass is 345 g/mol. The number of benzene rings is 1. The molecule has 2 amide bonds. The third-order valence-corrected chi connectivity index (χ3v) is 4.95. The summed E-state index contributed by atoms with van der Waals surface area (Å²) in [6.07, 6.45) is 0.639. The lowest BCUT2D eigenvalue weighted by atomic mass is 10.1. The number of ether oxygens (including phenoxy) is 1. The molecule has 2 aliphatic rings. The molecule has 0 spiro atoms. The van der Waals surface area contributed by atoms with Crippen molar-refractivity contribution in [1.82, 2.24) is 10.2 Å². The first-order valence-electron chi connectivity index (χ1n) is 9.00. The van der Waals surface area contributed by atoms with Crippen LogP contribution in [0.5, 0.6) is 0 Å². The number of carbonyl (C=O) groups excluding carboxylic acids is 2. The van der Waals surface area contributed by atoms with Crippen molar-refractivity contribution in [3.8, 4) is 0 Å². The van der Waals surface area contributed by atoms with Gasteiger partial charge in [0.05, 0.1) is 25.0 Å². The van der Waals surface area contributed by atoms with Crippen molar-refractivity contribution in [3.05, 3.63) is 29.3 Å². The van der Waals surface area contributed by atoms with E-state index in [-0.39, 0.29) is 23.7 Å². The maximum absolute atomic E-state index is 12.4. The smallest absolute Gasteiger partial charge is 0.228 e. The van der Waals surface area contributed by atoms with Gasteiger partial charge in [-0.2, -0.15) is 0 Å². The topological polar surface area (TPSA) is 70.7 Å². The van der Waals surface area contributed by atoms with Crippen LogP contribution < -0.4 is 10.6 Å². The molecular formula is C19H27N3O3. The van der Waals surface area contributed by atoms with Crippen molar-refractivity contribution in [1.29, 1.82) is 0 Å². The second-order valence-corrected chi connectivity index (χ2v) is 7.00. The standard InChI is InChI=1S/C19H27N3O3/c1-13-3-4-14(2)17(11-13)21-19(24)16-12-15(16)18(23)20-5-6-22-7-9-25-10-8-22/h3-4,11,15-16H,5-10,12H2,1-2H3,(H,20,23)(H,21,24). The molecule has 1 saturated carbocycles. The summed E-state index contributed by atoms with van der Waals surface area (Å²) < 4.78 is 5.31. The maximum Gasteiger partial charge on any atom is 0.228 e. The summed E-state index contributed by atoms with van der Waals surface area (Å²) in [6.45, 7) is 8.78. The van der Waals surface area contributed by atoms with Gasteiger partial charge in [-0.3, -0.25) is 14.5 Å². The minimum atomic E-state index is -0.205. The summed E-state index contributed by atoms with van der Waals surface area (Å²) in [6, 6.07) is 5.98. The van der Waals surface area contributed by atoms with Crippen LogP contribution in [0, 0.1) is 25.7 Å². The maximum atomic E-state index is 12.4. The fourth-order valence-corrected chi connectivity index (χ4v) is 3.16. The number of rotatable bonds is 6. The molecule has 1 aliphatic heterocycles. The van der Waals surface area contributed by atoms with Crippen LogP contribution in [0.2, 0.25) is 0 Å². The van der Waals surface area contributed by atoms with Crippen molar-refractivity contribution in [2.75, 3.05) is 44.7 Å². The first kappa shape index (κ1) is 17.9. The lowest BCUT2D eigenvalue weighted by Gasteiger charge is -2.26. The van der Waals surface area contributed by atoms with Crippen LogP contribution in [-0.4, -0.2) is 56.1 Å². The molecule has 3 rings (SSSR count). The lowest BCUT2D eigenvalue weighted by molar-refractivity contribution is -0.125. The molecule has 25 heavy (non-hydrogen) atoms. The van der Waals surface area contributed by atoms with Crippen molar-refractivity contribution < 1.29 is 14.3 Å². The zero-order valence-electron chi connectivity index (χ0n) is 15.0. The molecule has 0 bridgehead atoms. The Bertz CT molecular complexity index is 641. The van der Waals surface area contributed by atoms with Crippen LogP contribution in [0.4, 0.5) is 5.69 Å². The van der Waals surface area contributed by atoms with Crippen LogP contribution in [0.25, 0.3) is 0 Å². The summed E-state index contributed by atoms with van der Waals surface area (Å²) in [4.78, 5) is 26.8. The highest BCUT2D eigenvalue weighted by molar-refractivity contribution is 5.99. The van der Waals surface area contributed by atoms with Gasteiger partial charge in [0.15, 0.2) is 0 Å². The average Bonchev–Trinajstić information content (AvgIpc) is 3.40. The van der Waals surface area contributed by atoms with Gasteiger partial charge in [0.1, 0.15) is 0 Å². The minimum Gasteiger partial charge on any atom is -0.379 e. The van der Waals surface area contributed by atoms with E-state index >= 15 is 0 Å². The van der Waals surface area contributed by atoms with Crippen LogP contribution in [0.1, 0.15) is 17.5 Å². The summed E-state index contributed by atoms with van der Waals surface area (Å²) in [5.41, 5.74) is 2.98. The Hall–Kier alpha value is -1.92. The predicted molar refractivity (Wildman–Crippen MR) is 96.4 cm³/mol. The van der Waals surface area contributed by atoms with Gasteiger partial charge in [0.2, 0.25) is 11.8 Å². The van der Waals surface area contributed by atoms with Gasteiger partial charge in [-0.1, -0.05) is 12.1 Å². The number of hydrogen-bond donors (Lipinski definition) is 2. The number of hydrogen-bond acceptors (Lipinski definition) is 4. The number of anilines is 1. The molecule has 1 saturated heterocycles. The summed E-state index contributed by atoms with van der Waals surface area (Å²) in [5, 5.41) is 5.92. The lowest BCUT2D eigenvalue weighted by Crippen LogP contribution is -2.41. The van der Waals surface area contributed by atoms with E-state index in [0.29, 0.717) is 13.0 Å². The molecule has 6 heteroatoms. The summed E-state index contributed by atoms with van der Waals surface area (Å²) >= 11 is 0. The molecule has 1 aliphatic carbocycles. The number of carbonyl (C=O) groups is 2. The van der Waals surface area contributed by atoms with E-state index in [9.17, 15) is 9.59 Å². The second kappa shape index (κ2) is 7.97. The Morgan fingerprint density at radius 1 is 1.16 bits per heavy atom. The Morgan fingerprint density at radius 3 is 2.64 bits per heavy atom.